The number of nitrogens with zero attached hydrogens (tertiary/aromatic N) is 2. The maximum atomic E-state index is 10.7. The maximum Gasteiger partial charge on any atom is 0.339 e. The third kappa shape index (κ3) is 2.06. The van der Waals surface area contributed by atoms with Crippen LogP contribution in [0.2, 0.25) is 0 Å². The summed E-state index contributed by atoms with van der Waals surface area (Å²) in [4.78, 5) is 18.8. The van der Waals surface area contributed by atoms with Gasteiger partial charge < -0.3 is 10.4 Å². The summed E-state index contributed by atoms with van der Waals surface area (Å²) >= 11 is 0. The monoisotopic (exact) mass is 207 g/mol. The number of rotatable bonds is 3. The van der Waals surface area contributed by atoms with E-state index < -0.39 is 5.97 Å². The van der Waals surface area contributed by atoms with E-state index in [-0.39, 0.29) is 5.56 Å². The van der Waals surface area contributed by atoms with Crippen molar-refractivity contribution in [3.8, 4) is 0 Å². The van der Waals surface area contributed by atoms with Gasteiger partial charge in [-0.2, -0.15) is 0 Å². The second-order valence-corrected chi connectivity index (χ2v) is 3.77. The molecule has 1 heterocycles. The molecule has 0 amide bonds. The number of carboxylic acids is 1. The Balaban J connectivity index is 2.13. The first-order valence-corrected chi connectivity index (χ1v) is 5.00. The molecule has 0 aromatic carbocycles. The van der Waals surface area contributed by atoms with Gasteiger partial charge in [-0.05, 0) is 26.2 Å². The second-order valence-electron chi connectivity index (χ2n) is 3.77. The van der Waals surface area contributed by atoms with Crippen LogP contribution in [0.3, 0.4) is 0 Å². The van der Waals surface area contributed by atoms with Gasteiger partial charge in [-0.1, -0.05) is 0 Å². The van der Waals surface area contributed by atoms with Gasteiger partial charge in [0.05, 0.1) is 11.3 Å². The van der Waals surface area contributed by atoms with Crippen LogP contribution >= 0.6 is 0 Å². The normalized spacial score (nSPS) is 15.8. The zero-order chi connectivity index (χ0) is 10.8. The van der Waals surface area contributed by atoms with Gasteiger partial charge in [0.2, 0.25) is 5.95 Å². The van der Waals surface area contributed by atoms with E-state index in [1.165, 1.54) is 12.6 Å². The number of anilines is 1. The Kier molecular flexibility index (Phi) is 2.53. The largest absolute Gasteiger partial charge is 0.478 e. The number of carboxylic acid groups (broad SMARTS) is 1. The summed E-state index contributed by atoms with van der Waals surface area (Å²) in [6.45, 7) is 1.68. The fraction of sp³-hybridized carbons (Fsp3) is 0.500. The third-order valence-electron chi connectivity index (χ3n) is 2.65. The summed E-state index contributed by atoms with van der Waals surface area (Å²) in [5.41, 5.74) is 0.661. The molecule has 1 saturated carbocycles. The molecule has 2 N–H and O–H groups in total. The SMILES string of the molecule is Cc1nc(NC2CCC2)ncc1C(=O)O. The number of nitrogens with one attached hydrogen (secondary N) is 1. The van der Waals surface area contributed by atoms with Crippen LogP contribution in [-0.2, 0) is 0 Å². The first-order valence-electron chi connectivity index (χ1n) is 5.00. The van der Waals surface area contributed by atoms with Crippen LogP contribution in [0.15, 0.2) is 6.20 Å². The standard InChI is InChI=1S/C10H13N3O2/c1-6-8(9(14)15)5-11-10(12-6)13-7-3-2-4-7/h5,7H,2-4H2,1H3,(H,14,15)(H,11,12,13). The van der Waals surface area contributed by atoms with Gasteiger partial charge >= 0.3 is 5.97 Å². The molecule has 0 unspecified atom stereocenters. The Labute approximate surface area is 87.6 Å². The summed E-state index contributed by atoms with van der Waals surface area (Å²) in [5.74, 6) is -0.454. The molecular formula is C10H13N3O2. The molecule has 0 atom stereocenters. The molecule has 1 aromatic heterocycles. The number of hydrogen-bond acceptors (Lipinski definition) is 4. The Morgan fingerprint density at radius 3 is 2.80 bits per heavy atom. The van der Waals surface area contributed by atoms with Crippen LogP contribution in [0.25, 0.3) is 0 Å². The van der Waals surface area contributed by atoms with Crippen LogP contribution < -0.4 is 5.32 Å². The van der Waals surface area contributed by atoms with Crippen molar-refractivity contribution >= 4 is 11.9 Å². The second kappa shape index (κ2) is 3.84. The van der Waals surface area contributed by atoms with E-state index in [2.05, 4.69) is 15.3 Å². The summed E-state index contributed by atoms with van der Waals surface area (Å²) in [6, 6.07) is 0.458. The van der Waals surface area contributed by atoms with E-state index in [1.54, 1.807) is 6.92 Å². The fourth-order valence-corrected chi connectivity index (χ4v) is 1.48. The van der Waals surface area contributed by atoms with E-state index >= 15 is 0 Å². The first kappa shape index (κ1) is 9.89. The lowest BCUT2D eigenvalue weighted by Gasteiger charge is -2.26. The van der Waals surface area contributed by atoms with Crippen molar-refractivity contribution in [1.82, 2.24) is 9.97 Å². The van der Waals surface area contributed by atoms with E-state index in [9.17, 15) is 4.79 Å². The molecule has 1 aliphatic carbocycles. The molecule has 1 aromatic rings. The van der Waals surface area contributed by atoms with E-state index in [1.807, 2.05) is 0 Å². The van der Waals surface area contributed by atoms with Gasteiger partial charge in [-0.15, -0.1) is 0 Å². The number of aromatic nitrogens is 2. The lowest BCUT2D eigenvalue weighted by atomic mass is 9.93. The van der Waals surface area contributed by atoms with Crippen molar-refractivity contribution in [1.29, 1.82) is 0 Å². The number of aromatic carboxylic acids is 1. The molecule has 1 aliphatic rings. The van der Waals surface area contributed by atoms with Crippen LogP contribution in [-0.4, -0.2) is 27.1 Å². The Morgan fingerprint density at radius 1 is 1.60 bits per heavy atom. The number of hydrogen-bond donors (Lipinski definition) is 2. The highest BCUT2D eigenvalue weighted by Crippen LogP contribution is 2.21. The highest BCUT2D eigenvalue weighted by atomic mass is 16.4. The Hall–Kier alpha value is -1.65. The summed E-state index contributed by atoms with van der Waals surface area (Å²) in [7, 11) is 0. The fourth-order valence-electron chi connectivity index (χ4n) is 1.48. The zero-order valence-corrected chi connectivity index (χ0v) is 8.53. The first-order chi connectivity index (χ1) is 7.16. The summed E-state index contributed by atoms with van der Waals surface area (Å²) in [5, 5.41) is 12.0. The molecule has 1 fully saturated rings. The average molecular weight is 207 g/mol. The molecule has 5 heteroatoms. The van der Waals surface area contributed by atoms with Gasteiger partial charge in [0.25, 0.3) is 0 Å². The van der Waals surface area contributed by atoms with E-state index in [0.29, 0.717) is 17.7 Å². The summed E-state index contributed by atoms with van der Waals surface area (Å²) < 4.78 is 0. The van der Waals surface area contributed by atoms with Crippen LogP contribution in [0.5, 0.6) is 0 Å². The van der Waals surface area contributed by atoms with Gasteiger partial charge in [0, 0.05) is 12.2 Å². The molecule has 0 saturated heterocycles. The smallest absolute Gasteiger partial charge is 0.339 e. The molecule has 5 nitrogen and oxygen atoms in total. The Bertz CT molecular complexity index is 388. The molecular weight excluding hydrogens is 194 g/mol. The molecule has 2 rings (SSSR count). The van der Waals surface area contributed by atoms with Crippen LogP contribution in [0.1, 0.15) is 35.3 Å². The van der Waals surface area contributed by atoms with E-state index in [0.717, 1.165) is 12.8 Å². The minimum Gasteiger partial charge on any atom is -0.478 e. The average Bonchev–Trinajstić information content (AvgIpc) is 2.11. The van der Waals surface area contributed by atoms with Crippen molar-refractivity contribution in [2.75, 3.05) is 5.32 Å². The quantitative estimate of drug-likeness (QED) is 0.784. The molecule has 0 radical (unpaired) electrons. The summed E-state index contributed by atoms with van der Waals surface area (Å²) in [6.07, 6.45) is 4.88. The predicted molar refractivity (Wildman–Crippen MR) is 55.0 cm³/mol. The minimum absolute atomic E-state index is 0.161. The highest BCUT2D eigenvalue weighted by Gasteiger charge is 2.18. The van der Waals surface area contributed by atoms with Crippen molar-refractivity contribution in [2.24, 2.45) is 0 Å². The molecule has 80 valence electrons. The van der Waals surface area contributed by atoms with Gasteiger partial charge in [-0.3, -0.25) is 0 Å². The molecule has 0 spiro atoms. The number of carbonyl (C=O) groups is 1. The zero-order valence-electron chi connectivity index (χ0n) is 8.53. The van der Waals surface area contributed by atoms with Gasteiger partial charge in [-0.25, -0.2) is 14.8 Å². The van der Waals surface area contributed by atoms with Gasteiger partial charge in [0.15, 0.2) is 0 Å². The van der Waals surface area contributed by atoms with E-state index in [4.69, 9.17) is 5.11 Å². The molecule has 0 aliphatic heterocycles. The van der Waals surface area contributed by atoms with Crippen LogP contribution in [0, 0.1) is 6.92 Å². The molecule has 15 heavy (non-hydrogen) atoms. The highest BCUT2D eigenvalue weighted by molar-refractivity contribution is 5.88. The van der Waals surface area contributed by atoms with Crippen LogP contribution in [0.4, 0.5) is 5.95 Å². The minimum atomic E-state index is -0.984. The lowest BCUT2D eigenvalue weighted by molar-refractivity contribution is 0.0695. The maximum absolute atomic E-state index is 10.7. The van der Waals surface area contributed by atoms with Crippen molar-refractivity contribution < 1.29 is 9.90 Å². The number of aryl methyl sites for hydroxylation is 1. The van der Waals surface area contributed by atoms with Crippen molar-refractivity contribution in [3.63, 3.8) is 0 Å². The lowest BCUT2D eigenvalue weighted by Crippen LogP contribution is -2.28. The predicted octanol–water partition coefficient (Wildman–Crippen LogP) is 1.45. The Morgan fingerprint density at radius 2 is 2.33 bits per heavy atom. The topological polar surface area (TPSA) is 75.1 Å². The van der Waals surface area contributed by atoms with Gasteiger partial charge in [0.1, 0.15) is 0 Å². The third-order valence-corrected chi connectivity index (χ3v) is 2.65. The van der Waals surface area contributed by atoms with Crippen molar-refractivity contribution in [2.45, 2.75) is 32.2 Å². The van der Waals surface area contributed by atoms with Crippen molar-refractivity contribution in [3.05, 3.63) is 17.5 Å². The molecule has 0 bridgehead atoms.